The van der Waals surface area contributed by atoms with E-state index in [9.17, 15) is 0 Å². The summed E-state index contributed by atoms with van der Waals surface area (Å²) in [5.74, 6) is 0. The molecule has 0 aliphatic rings. The van der Waals surface area contributed by atoms with Crippen LogP contribution < -0.4 is 5.32 Å². The molecule has 0 spiro atoms. The Balaban J connectivity index is 1.86. The molecule has 108 valence electrons. The third-order valence-corrected chi connectivity index (χ3v) is 4.47. The van der Waals surface area contributed by atoms with Crippen molar-refractivity contribution in [2.75, 3.05) is 6.54 Å². The minimum atomic E-state index is 0.660. The lowest BCUT2D eigenvalue weighted by atomic mass is 10.2. The normalized spacial score (nSPS) is 11.1. The molecule has 0 amide bonds. The minimum Gasteiger partial charge on any atom is -0.341 e. The van der Waals surface area contributed by atoms with Crippen LogP contribution >= 0.6 is 23.4 Å². The second kappa shape index (κ2) is 6.43. The molecule has 3 aromatic rings. The largest absolute Gasteiger partial charge is 0.341 e. The second-order valence-corrected chi connectivity index (χ2v) is 5.86. The summed E-state index contributed by atoms with van der Waals surface area (Å²) >= 11 is 7.87. The number of aromatic amines is 1. The number of nitrogens with one attached hydrogen (secondary N) is 2. The zero-order valence-electron chi connectivity index (χ0n) is 11.4. The van der Waals surface area contributed by atoms with Crippen molar-refractivity contribution in [2.45, 2.75) is 23.4 Å². The zero-order chi connectivity index (χ0) is 14.7. The summed E-state index contributed by atoms with van der Waals surface area (Å²) in [6, 6.07) is 6.07. The van der Waals surface area contributed by atoms with Gasteiger partial charge < -0.3 is 10.3 Å². The predicted molar refractivity (Wildman–Crippen MR) is 84.6 cm³/mol. The first-order valence-electron chi connectivity index (χ1n) is 6.59. The summed E-state index contributed by atoms with van der Waals surface area (Å²) in [5, 5.41) is 4.82. The number of nitrogens with zero attached hydrogens (tertiary/aromatic N) is 3. The van der Waals surface area contributed by atoms with E-state index >= 15 is 0 Å². The van der Waals surface area contributed by atoms with Crippen LogP contribution in [0.1, 0.15) is 12.5 Å². The fourth-order valence-corrected chi connectivity index (χ4v) is 3.10. The highest BCUT2D eigenvalue weighted by atomic mass is 35.5. The molecule has 1 aromatic carbocycles. The van der Waals surface area contributed by atoms with E-state index in [-0.39, 0.29) is 0 Å². The molecule has 0 fully saturated rings. The quantitative estimate of drug-likeness (QED) is 0.707. The molecule has 7 heteroatoms. The standard InChI is InChI=1S/C14H14ClN5S/c1-2-16-6-9-3-4-11(10(15)5-9)21-14-12-13(18-7-17-12)19-8-20-14/h3-5,7-8,16H,2,6H2,1H3,(H,17,18,19,20). The third-order valence-electron chi connectivity index (χ3n) is 2.97. The number of rotatable bonds is 5. The molecule has 0 radical (unpaired) electrons. The van der Waals surface area contributed by atoms with Crippen LogP contribution in [0.3, 0.4) is 0 Å². The predicted octanol–water partition coefficient (Wildman–Crippen LogP) is 3.27. The third kappa shape index (κ3) is 3.18. The zero-order valence-corrected chi connectivity index (χ0v) is 13.0. The van der Waals surface area contributed by atoms with Gasteiger partial charge >= 0.3 is 0 Å². The van der Waals surface area contributed by atoms with Crippen LogP contribution in [0.5, 0.6) is 0 Å². The number of H-pyrrole nitrogens is 1. The van der Waals surface area contributed by atoms with Crippen LogP contribution in [0.15, 0.2) is 40.8 Å². The summed E-state index contributed by atoms with van der Waals surface area (Å²) in [4.78, 5) is 16.6. The number of benzene rings is 1. The molecule has 2 heterocycles. The molecule has 21 heavy (non-hydrogen) atoms. The Hall–Kier alpha value is -1.63. The smallest absolute Gasteiger partial charge is 0.181 e. The van der Waals surface area contributed by atoms with Gasteiger partial charge in [0.2, 0.25) is 0 Å². The average molecular weight is 320 g/mol. The van der Waals surface area contributed by atoms with Crippen molar-refractivity contribution >= 4 is 34.5 Å². The lowest BCUT2D eigenvalue weighted by Crippen LogP contribution is -2.11. The SMILES string of the molecule is CCNCc1ccc(Sc2ncnc3nc[nH]c23)c(Cl)c1. The summed E-state index contributed by atoms with van der Waals surface area (Å²) in [6.07, 6.45) is 3.13. The van der Waals surface area contributed by atoms with Crippen molar-refractivity contribution in [1.29, 1.82) is 0 Å². The van der Waals surface area contributed by atoms with Gasteiger partial charge in [0.1, 0.15) is 16.9 Å². The van der Waals surface area contributed by atoms with Gasteiger partial charge in [-0.1, -0.05) is 36.4 Å². The average Bonchev–Trinajstić information content (AvgIpc) is 2.97. The number of hydrogen-bond acceptors (Lipinski definition) is 5. The molecular weight excluding hydrogens is 306 g/mol. The van der Waals surface area contributed by atoms with E-state index in [4.69, 9.17) is 11.6 Å². The topological polar surface area (TPSA) is 66.5 Å². The first-order chi connectivity index (χ1) is 10.3. The molecular formula is C14H14ClN5S. The Bertz CT molecular complexity index is 758. The number of halogens is 1. The second-order valence-electron chi connectivity index (χ2n) is 4.43. The summed E-state index contributed by atoms with van der Waals surface area (Å²) < 4.78 is 0. The van der Waals surface area contributed by atoms with Crippen LogP contribution in [-0.2, 0) is 6.54 Å². The number of fused-ring (bicyclic) bond motifs is 1. The van der Waals surface area contributed by atoms with Crippen molar-refractivity contribution in [3.8, 4) is 0 Å². The van der Waals surface area contributed by atoms with E-state index < -0.39 is 0 Å². The van der Waals surface area contributed by atoms with Crippen LogP contribution in [-0.4, -0.2) is 26.5 Å². The molecule has 0 saturated carbocycles. The Morgan fingerprint density at radius 3 is 3.00 bits per heavy atom. The Labute approximate surface area is 131 Å². The van der Waals surface area contributed by atoms with E-state index in [2.05, 4.69) is 38.2 Å². The van der Waals surface area contributed by atoms with Gasteiger partial charge in [-0.2, -0.15) is 0 Å². The molecule has 0 atom stereocenters. The number of hydrogen-bond donors (Lipinski definition) is 2. The van der Waals surface area contributed by atoms with Gasteiger partial charge in [-0.15, -0.1) is 0 Å². The van der Waals surface area contributed by atoms with E-state index in [1.165, 1.54) is 23.7 Å². The van der Waals surface area contributed by atoms with Crippen LogP contribution in [0.4, 0.5) is 0 Å². The fourth-order valence-electron chi connectivity index (χ4n) is 1.93. The molecule has 2 N–H and O–H groups in total. The van der Waals surface area contributed by atoms with Crippen LogP contribution in [0, 0.1) is 0 Å². The van der Waals surface area contributed by atoms with Crippen molar-refractivity contribution in [1.82, 2.24) is 25.3 Å². The molecule has 2 aromatic heterocycles. The Morgan fingerprint density at radius 2 is 2.19 bits per heavy atom. The highest BCUT2D eigenvalue weighted by Gasteiger charge is 2.10. The number of imidazole rings is 1. The van der Waals surface area contributed by atoms with Crippen molar-refractivity contribution in [3.05, 3.63) is 41.4 Å². The van der Waals surface area contributed by atoms with Gasteiger partial charge in [-0.05, 0) is 24.2 Å². The maximum atomic E-state index is 6.37. The molecule has 0 bridgehead atoms. The van der Waals surface area contributed by atoms with Gasteiger partial charge in [0, 0.05) is 11.4 Å². The van der Waals surface area contributed by atoms with E-state index in [1.54, 1.807) is 6.33 Å². The lowest BCUT2D eigenvalue weighted by molar-refractivity contribution is 0.726. The van der Waals surface area contributed by atoms with Crippen molar-refractivity contribution in [3.63, 3.8) is 0 Å². The first kappa shape index (κ1) is 14.3. The molecule has 0 unspecified atom stereocenters. The maximum absolute atomic E-state index is 6.37. The van der Waals surface area contributed by atoms with Crippen molar-refractivity contribution in [2.24, 2.45) is 0 Å². The van der Waals surface area contributed by atoms with Gasteiger partial charge in [-0.25, -0.2) is 15.0 Å². The van der Waals surface area contributed by atoms with E-state index in [0.717, 1.165) is 33.6 Å². The monoisotopic (exact) mass is 319 g/mol. The molecule has 0 aliphatic carbocycles. The molecule has 3 rings (SSSR count). The highest BCUT2D eigenvalue weighted by Crippen LogP contribution is 2.34. The van der Waals surface area contributed by atoms with Crippen molar-refractivity contribution < 1.29 is 0 Å². The fraction of sp³-hybridized carbons (Fsp3) is 0.214. The molecule has 0 saturated heterocycles. The minimum absolute atomic E-state index is 0.660. The van der Waals surface area contributed by atoms with E-state index in [0.29, 0.717) is 5.65 Å². The molecule has 0 aliphatic heterocycles. The summed E-state index contributed by atoms with van der Waals surface area (Å²) in [7, 11) is 0. The van der Waals surface area contributed by atoms with Crippen LogP contribution in [0.2, 0.25) is 5.02 Å². The summed E-state index contributed by atoms with van der Waals surface area (Å²) in [5.41, 5.74) is 2.66. The Kier molecular flexibility index (Phi) is 4.38. The number of aromatic nitrogens is 4. The van der Waals surface area contributed by atoms with Gasteiger partial charge in [0.15, 0.2) is 5.65 Å². The van der Waals surface area contributed by atoms with Gasteiger partial charge in [-0.3, -0.25) is 0 Å². The summed E-state index contributed by atoms with van der Waals surface area (Å²) in [6.45, 7) is 3.84. The van der Waals surface area contributed by atoms with Gasteiger partial charge in [0.25, 0.3) is 0 Å². The van der Waals surface area contributed by atoms with Crippen LogP contribution in [0.25, 0.3) is 11.2 Å². The molecule has 5 nitrogen and oxygen atoms in total. The maximum Gasteiger partial charge on any atom is 0.181 e. The Morgan fingerprint density at radius 1 is 1.29 bits per heavy atom. The lowest BCUT2D eigenvalue weighted by Gasteiger charge is -2.07. The highest BCUT2D eigenvalue weighted by molar-refractivity contribution is 7.99. The van der Waals surface area contributed by atoms with Gasteiger partial charge in [0.05, 0.1) is 11.3 Å². The first-order valence-corrected chi connectivity index (χ1v) is 7.78. The van der Waals surface area contributed by atoms with E-state index in [1.807, 2.05) is 12.1 Å².